The monoisotopic (exact) mass is 523 g/mol. The molecule has 0 radical (unpaired) electrons. The molecule has 2 aliphatic heterocycles. The number of allylic oxidation sites excluding steroid dienone is 2. The third-order valence-electron chi connectivity index (χ3n) is 7.45. The highest BCUT2D eigenvalue weighted by Gasteiger charge is 2.49. The Hall–Kier alpha value is -3.11. The molecule has 1 aliphatic carbocycles. The maximum atomic E-state index is 11.5. The lowest BCUT2D eigenvalue weighted by atomic mass is 9.86. The van der Waals surface area contributed by atoms with E-state index >= 15 is 0 Å². The highest BCUT2D eigenvalue weighted by atomic mass is 35.5. The lowest BCUT2D eigenvalue weighted by Gasteiger charge is -2.18. The molecule has 0 bridgehead atoms. The summed E-state index contributed by atoms with van der Waals surface area (Å²) in [4.78, 5) is 30.1. The van der Waals surface area contributed by atoms with Crippen molar-refractivity contribution in [1.29, 1.82) is 0 Å². The molecule has 2 aromatic heterocycles. The van der Waals surface area contributed by atoms with E-state index in [0.717, 1.165) is 34.2 Å². The van der Waals surface area contributed by atoms with Gasteiger partial charge in [-0.2, -0.15) is 0 Å². The van der Waals surface area contributed by atoms with E-state index in [4.69, 9.17) is 35.5 Å². The molecule has 4 heterocycles. The van der Waals surface area contributed by atoms with Gasteiger partial charge in [-0.1, -0.05) is 41.9 Å². The van der Waals surface area contributed by atoms with Crippen LogP contribution in [-0.4, -0.2) is 60.6 Å². The number of halogens is 1. The number of amides is 1. The van der Waals surface area contributed by atoms with Crippen LogP contribution in [0.4, 0.5) is 0 Å². The van der Waals surface area contributed by atoms with Crippen LogP contribution in [-0.2, 0) is 19.0 Å². The zero-order chi connectivity index (χ0) is 25.5. The predicted molar refractivity (Wildman–Crippen MR) is 137 cm³/mol. The molecule has 0 spiro atoms. The first-order valence-electron chi connectivity index (χ1n) is 12.3. The third-order valence-corrected chi connectivity index (χ3v) is 7.74. The number of aromatic nitrogens is 2. The van der Waals surface area contributed by atoms with Crippen molar-refractivity contribution in [3.8, 4) is 17.1 Å². The van der Waals surface area contributed by atoms with Gasteiger partial charge >= 0.3 is 0 Å². The van der Waals surface area contributed by atoms with E-state index < -0.39 is 5.91 Å². The SMILES string of the molecule is CO[C@@H]1COC2C1OC[C@H]2Oc1cc2nc(-c3ccc(C4=CCC(C(=O)N=O)CC4)cc3)c(Cl)cc2[nH]1. The van der Waals surface area contributed by atoms with Gasteiger partial charge in [-0.05, 0) is 36.5 Å². The minimum atomic E-state index is -0.563. The number of aromatic amines is 1. The van der Waals surface area contributed by atoms with Crippen LogP contribution in [0.25, 0.3) is 27.9 Å². The fraction of sp³-hybridized carbons (Fsp3) is 0.407. The quantitative estimate of drug-likeness (QED) is 0.456. The molecule has 2 saturated heterocycles. The maximum absolute atomic E-state index is 11.5. The summed E-state index contributed by atoms with van der Waals surface area (Å²) in [6.45, 7) is 0.921. The average molecular weight is 524 g/mol. The van der Waals surface area contributed by atoms with E-state index in [-0.39, 0.29) is 30.3 Å². The minimum absolute atomic E-state index is 0.0778. The van der Waals surface area contributed by atoms with Crippen LogP contribution < -0.4 is 4.74 Å². The number of carbonyl (C=O) groups is 1. The Labute approximate surface area is 218 Å². The summed E-state index contributed by atoms with van der Waals surface area (Å²) in [6, 6.07) is 11.7. The van der Waals surface area contributed by atoms with Gasteiger partial charge in [0.1, 0.15) is 18.3 Å². The number of rotatable bonds is 6. The van der Waals surface area contributed by atoms with Crippen molar-refractivity contribution in [3.63, 3.8) is 0 Å². The van der Waals surface area contributed by atoms with Crippen LogP contribution in [0, 0.1) is 10.8 Å². The topological polar surface area (TPSA) is 112 Å². The summed E-state index contributed by atoms with van der Waals surface area (Å²) >= 11 is 6.62. The maximum Gasteiger partial charge on any atom is 0.289 e. The van der Waals surface area contributed by atoms with Gasteiger partial charge < -0.3 is 23.9 Å². The van der Waals surface area contributed by atoms with E-state index in [1.807, 2.05) is 42.5 Å². The first-order chi connectivity index (χ1) is 18.0. The van der Waals surface area contributed by atoms with Crippen LogP contribution in [0.15, 0.2) is 47.7 Å². The molecule has 3 aliphatic rings. The molecule has 0 saturated carbocycles. The third kappa shape index (κ3) is 4.57. The first-order valence-corrected chi connectivity index (χ1v) is 12.7. The number of nitrogens with one attached hydrogen (secondary N) is 1. The molecular weight excluding hydrogens is 498 g/mol. The molecule has 1 aromatic carbocycles. The minimum Gasteiger partial charge on any atom is -0.470 e. The molecule has 3 aromatic rings. The molecule has 6 rings (SSSR count). The number of nitroso groups, excluding NO2 is 1. The van der Waals surface area contributed by atoms with E-state index in [0.29, 0.717) is 42.7 Å². The fourth-order valence-electron chi connectivity index (χ4n) is 5.40. The van der Waals surface area contributed by atoms with Gasteiger partial charge in [0.15, 0.2) is 12.0 Å². The molecule has 2 fully saturated rings. The van der Waals surface area contributed by atoms with Crippen molar-refractivity contribution in [2.45, 2.75) is 43.7 Å². The smallest absolute Gasteiger partial charge is 0.289 e. The van der Waals surface area contributed by atoms with Crippen molar-refractivity contribution in [2.75, 3.05) is 20.3 Å². The van der Waals surface area contributed by atoms with Gasteiger partial charge in [-0.15, -0.1) is 4.91 Å². The van der Waals surface area contributed by atoms with Crippen LogP contribution in [0.3, 0.4) is 0 Å². The molecule has 9 nitrogen and oxygen atoms in total. The molecule has 3 unspecified atom stereocenters. The van der Waals surface area contributed by atoms with Crippen LogP contribution >= 0.6 is 11.6 Å². The summed E-state index contributed by atoms with van der Waals surface area (Å²) in [6.07, 6.45) is 3.31. The van der Waals surface area contributed by atoms with Crippen molar-refractivity contribution >= 4 is 34.1 Å². The number of ether oxygens (including phenoxy) is 4. The fourth-order valence-corrected chi connectivity index (χ4v) is 5.67. The molecule has 1 amide bonds. The number of hydrogen-bond donors (Lipinski definition) is 1. The number of methoxy groups -OCH3 is 1. The van der Waals surface area contributed by atoms with Gasteiger partial charge in [0.25, 0.3) is 5.91 Å². The van der Waals surface area contributed by atoms with E-state index in [1.165, 1.54) is 0 Å². The Kier molecular flexibility index (Phi) is 6.54. The second kappa shape index (κ2) is 9.98. The Morgan fingerprint density at radius 1 is 1.11 bits per heavy atom. The van der Waals surface area contributed by atoms with Gasteiger partial charge in [0, 0.05) is 29.8 Å². The van der Waals surface area contributed by atoms with Crippen molar-refractivity contribution in [2.24, 2.45) is 11.1 Å². The van der Waals surface area contributed by atoms with Crippen molar-refractivity contribution in [3.05, 3.63) is 58.0 Å². The summed E-state index contributed by atoms with van der Waals surface area (Å²) in [5.41, 5.74) is 5.32. The lowest BCUT2D eigenvalue weighted by molar-refractivity contribution is -0.121. The zero-order valence-corrected chi connectivity index (χ0v) is 20.9. The van der Waals surface area contributed by atoms with Crippen molar-refractivity contribution < 1.29 is 23.7 Å². The molecule has 192 valence electrons. The molecule has 10 heteroatoms. The Balaban J connectivity index is 1.18. The highest BCUT2D eigenvalue weighted by Crippen LogP contribution is 2.35. The van der Waals surface area contributed by atoms with Gasteiger partial charge in [-0.3, -0.25) is 4.79 Å². The Morgan fingerprint density at radius 3 is 2.54 bits per heavy atom. The van der Waals surface area contributed by atoms with Crippen LogP contribution in [0.5, 0.6) is 5.88 Å². The van der Waals surface area contributed by atoms with Gasteiger partial charge in [-0.25, -0.2) is 4.98 Å². The zero-order valence-electron chi connectivity index (χ0n) is 20.2. The highest BCUT2D eigenvalue weighted by molar-refractivity contribution is 6.33. The number of nitrogens with zero attached hydrogens (tertiary/aromatic N) is 2. The van der Waals surface area contributed by atoms with Crippen LogP contribution in [0.1, 0.15) is 24.8 Å². The molecular formula is C27H26ClN3O6. The Bertz CT molecular complexity index is 1370. The second-order valence-electron chi connectivity index (χ2n) is 9.62. The largest absolute Gasteiger partial charge is 0.470 e. The van der Waals surface area contributed by atoms with E-state index in [1.54, 1.807) is 7.11 Å². The van der Waals surface area contributed by atoms with Crippen molar-refractivity contribution in [1.82, 2.24) is 9.97 Å². The summed E-state index contributed by atoms with van der Waals surface area (Å²) in [5, 5.41) is 3.09. The number of carbonyl (C=O) groups excluding carboxylic acids is 1. The Morgan fingerprint density at radius 2 is 1.84 bits per heavy atom. The lowest BCUT2D eigenvalue weighted by Crippen LogP contribution is -2.35. The molecule has 1 N–H and O–H groups in total. The summed E-state index contributed by atoms with van der Waals surface area (Å²) in [7, 11) is 1.66. The van der Waals surface area contributed by atoms with E-state index in [2.05, 4.69) is 10.2 Å². The summed E-state index contributed by atoms with van der Waals surface area (Å²) in [5.74, 6) is -0.288. The first kappa shape index (κ1) is 24.2. The van der Waals surface area contributed by atoms with Gasteiger partial charge in [0.2, 0.25) is 0 Å². The molecule has 37 heavy (non-hydrogen) atoms. The van der Waals surface area contributed by atoms with Gasteiger partial charge in [0.05, 0.1) is 35.0 Å². The van der Waals surface area contributed by atoms with E-state index in [9.17, 15) is 9.70 Å². The molecule has 5 atom stereocenters. The number of pyridine rings is 1. The number of benzene rings is 1. The number of hydrogen-bond acceptors (Lipinski definition) is 7. The predicted octanol–water partition coefficient (Wildman–Crippen LogP) is 4.92. The summed E-state index contributed by atoms with van der Waals surface area (Å²) < 4.78 is 23.3. The second-order valence-corrected chi connectivity index (χ2v) is 10.0. The van der Waals surface area contributed by atoms with Crippen LogP contribution in [0.2, 0.25) is 5.02 Å². The number of fused-ring (bicyclic) bond motifs is 2. The standard InChI is InChI=1S/C27H26ClN3O6/c1-34-21-12-35-26-22(13-36-25(21)26)37-23-11-20-19(29-23)10-18(28)24(30-20)16-6-2-14(3-7-16)15-4-8-17(9-5-15)27(32)31-33/h2-4,6-7,10-11,17,21-22,25-26,29H,5,8-9,12-13H2,1H3/t17?,21-,22-,25?,26?/m1/s1. The normalized spacial score (nSPS) is 27.2. The average Bonchev–Trinajstić information content (AvgIpc) is 3.63. The number of H-pyrrole nitrogens is 1.